The van der Waals surface area contributed by atoms with Crippen LogP contribution >= 0.6 is 15.9 Å². The summed E-state index contributed by atoms with van der Waals surface area (Å²) in [5.74, 6) is 0.226. The molecular weight excluding hydrogens is 332 g/mol. The predicted molar refractivity (Wildman–Crippen MR) is 81.9 cm³/mol. The van der Waals surface area contributed by atoms with Crippen LogP contribution < -0.4 is 5.32 Å². The van der Waals surface area contributed by atoms with Gasteiger partial charge in [0.1, 0.15) is 0 Å². The van der Waals surface area contributed by atoms with Crippen molar-refractivity contribution in [1.82, 2.24) is 10.3 Å². The number of hydrogen-bond donors (Lipinski definition) is 1. The molecule has 21 heavy (non-hydrogen) atoms. The van der Waals surface area contributed by atoms with E-state index in [-0.39, 0.29) is 24.0 Å². The van der Waals surface area contributed by atoms with Crippen molar-refractivity contribution < 1.29 is 9.53 Å². The van der Waals surface area contributed by atoms with Crippen LogP contribution in [-0.2, 0) is 22.4 Å². The number of fused-ring (bicyclic) bond motifs is 3. The van der Waals surface area contributed by atoms with E-state index in [1.54, 1.807) is 0 Å². The van der Waals surface area contributed by atoms with Gasteiger partial charge in [-0.1, -0.05) is 0 Å². The number of nitrogens with one attached hydrogen (secondary N) is 1. The van der Waals surface area contributed by atoms with E-state index in [2.05, 4.69) is 32.3 Å². The van der Waals surface area contributed by atoms with Gasteiger partial charge in [-0.3, -0.25) is 9.78 Å². The molecule has 4 rings (SSSR count). The van der Waals surface area contributed by atoms with Crippen molar-refractivity contribution in [2.45, 2.75) is 56.8 Å². The van der Waals surface area contributed by atoms with Gasteiger partial charge in [-0.15, -0.1) is 0 Å². The second kappa shape index (κ2) is 5.36. The summed E-state index contributed by atoms with van der Waals surface area (Å²) in [6.07, 6.45) is 8.30. The molecule has 1 aliphatic carbocycles. The Morgan fingerprint density at radius 3 is 3.05 bits per heavy atom. The van der Waals surface area contributed by atoms with E-state index in [9.17, 15) is 4.79 Å². The van der Waals surface area contributed by atoms with Crippen molar-refractivity contribution >= 4 is 21.8 Å². The number of carbonyl (C=O) groups is 1. The monoisotopic (exact) mass is 350 g/mol. The molecule has 5 heteroatoms. The topological polar surface area (TPSA) is 51.2 Å². The van der Waals surface area contributed by atoms with Crippen LogP contribution in [0.4, 0.5) is 0 Å². The smallest absolute Gasteiger partial charge is 0.225 e. The maximum absolute atomic E-state index is 12.5. The molecule has 1 aromatic heterocycles. The normalized spacial score (nSPS) is 33.8. The van der Waals surface area contributed by atoms with Gasteiger partial charge in [0.2, 0.25) is 5.91 Å². The number of ether oxygens (including phenoxy) is 1. The Morgan fingerprint density at radius 1 is 1.29 bits per heavy atom. The Balaban J connectivity index is 1.40. The summed E-state index contributed by atoms with van der Waals surface area (Å²) in [5.41, 5.74) is 2.36. The van der Waals surface area contributed by atoms with Crippen LogP contribution in [0.3, 0.4) is 0 Å². The summed E-state index contributed by atoms with van der Waals surface area (Å²) in [6.45, 7) is 0. The standard InChI is InChI=1S/C16H19BrN2O2/c17-10-5-9-6-11(7-14(9)18-8-10)19-16(20)13-3-1-12-2-4-15(13)21-12/h5,8,11-13,15H,1-4,6-7H2,(H,19,20)/t11?,12-,13+,15+/m0/s1. The zero-order chi connectivity index (χ0) is 14.4. The fraction of sp³-hybridized carbons (Fsp3) is 0.625. The summed E-state index contributed by atoms with van der Waals surface area (Å²) in [4.78, 5) is 17.0. The van der Waals surface area contributed by atoms with Crippen molar-refractivity contribution in [2.75, 3.05) is 0 Å². The highest BCUT2D eigenvalue weighted by Crippen LogP contribution is 2.36. The lowest BCUT2D eigenvalue weighted by Crippen LogP contribution is -2.44. The number of carbonyl (C=O) groups excluding carboxylic acids is 1. The number of nitrogens with zero attached hydrogens (tertiary/aromatic N) is 1. The summed E-state index contributed by atoms with van der Waals surface area (Å²) in [6, 6.07) is 2.30. The van der Waals surface area contributed by atoms with E-state index in [1.165, 1.54) is 5.56 Å². The fourth-order valence-electron chi connectivity index (χ4n) is 3.94. The maximum atomic E-state index is 12.5. The van der Waals surface area contributed by atoms with Gasteiger partial charge in [-0.25, -0.2) is 0 Å². The Labute approximate surface area is 132 Å². The molecule has 1 N–H and O–H groups in total. The van der Waals surface area contributed by atoms with Gasteiger partial charge in [0.25, 0.3) is 0 Å². The van der Waals surface area contributed by atoms with Crippen LogP contribution in [0.2, 0.25) is 0 Å². The highest BCUT2D eigenvalue weighted by molar-refractivity contribution is 9.10. The van der Waals surface area contributed by atoms with Crippen LogP contribution in [0, 0.1) is 5.92 Å². The lowest BCUT2D eigenvalue weighted by atomic mass is 9.94. The third kappa shape index (κ3) is 2.61. The number of aromatic nitrogens is 1. The van der Waals surface area contributed by atoms with Gasteiger partial charge in [-0.2, -0.15) is 0 Å². The lowest BCUT2D eigenvalue weighted by molar-refractivity contribution is -0.134. The van der Waals surface area contributed by atoms with Crippen LogP contribution in [0.25, 0.3) is 0 Å². The van der Waals surface area contributed by atoms with E-state index in [1.807, 2.05) is 6.20 Å². The average molecular weight is 351 g/mol. The third-order valence-corrected chi connectivity index (χ3v) is 5.44. The molecule has 4 nitrogen and oxygen atoms in total. The molecule has 2 fully saturated rings. The second-order valence-corrected chi connectivity index (χ2v) is 7.35. The summed E-state index contributed by atoms with van der Waals surface area (Å²) in [5, 5.41) is 3.22. The molecule has 1 unspecified atom stereocenters. The summed E-state index contributed by atoms with van der Waals surface area (Å²) >= 11 is 3.45. The van der Waals surface area contributed by atoms with Crippen molar-refractivity contribution in [1.29, 1.82) is 0 Å². The molecule has 1 aromatic rings. The molecule has 3 heterocycles. The first-order valence-electron chi connectivity index (χ1n) is 7.78. The predicted octanol–water partition coefficient (Wildman–Crippen LogP) is 2.39. The SMILES string of the molecule is O=C(NC1Cc2cc(Br)cnc2C1)[C@@H]1CC[C@H]2CC[C@H]1O2. The minimum absolute atomic E-state index is 0.0483. The highest BCUT2D eigenvalue weighted by atomic mass is 79.9. The van der Waals surface area contributed by atoms with Gasteiger partial charge >= 0.3 is 0 Å². The van der Waals surface area contributed by atoms with Crippen LogP contribution in [0.15, 0.2) is 16.7 Å². The Morgan fingerprint density at radius 2 is 2.14 bits per heavy atom. The molecule has 2 aliphatic heterocycles. The largest absolute Gasteiger partial charge is 0.374 e. The van der Waals surface area contributed by atoms with E-state index in [0.717, 1.165) is 48.7 Å². The first kappa shape index (κ1) is 13.7. The molecule has 2 saturated heterocycles. The van der Waals surface area contributed by atoms with Crippen molar-refractivity contribution in [2.24, 2.45) is 5.92 Å². The fourth-order valence-corrected chi connectivity index (χ4v) is 4.32. The van der Waals surface area contributed by atoms with Crippen molar-refractivity contribution in [3.8, 4) is 0 Å². The van der Waals surface area contributed by atoms with E-state index < -0.39 is 0 Å². The molecule has 0 saturated carbocycles. The molecule has 0 spiro atoms. The average Bonchev–Trinajstić information content (AvgIpc) is 3.02. The summed E-state index contributed by atoms with van der Waals surface area (Å²) in [7, 11) is 0. The van der Waals surface area contributed by atoms with Crippen LogP contribution in [0.1, 0.15) is 36.9 Å². The molecule has 2 bridgehead atoms. The zero-order valence-electron chi connectivity index (χ0n) is 11.8. The Bertz CT molecular complexity index is 577. The second-order valence-electron chi connectivity index (χ2n) is 6.43. The Hall–Kier alpha value is -0.940. The number of hydrogen-bond acceptors (Lipinski definition) is 3. The molecule has 0 radical (unpaired) electrons. The van der Waals surface area contributed by atoms with Gasteiger partial charge < -0.3 is 10.1 Å². The third-order valence-electron chi connectivity index (χ3n) is 5.00. The number of amides is 1. The van der Waals surface area contributed by atoms with Gasteiger partial charge in [0, 0.05) is 28.8 Å². The molecular formula is C16H19BrN2O2. The van der Waals surface area contributed by atoms with Gasteiger partial charge in [-0.05, 0) is 59.7 Å². The molecule has 112 valence electrons. The lowest BCUT2D eigenvalue weighted by Gasteiger charge is -2.29. The molecule has 1 amide bonds. The molecule has 4 atom stereocenters. The first-order valence-corrected chi connectivity index (χ1v) is 8.57. The van der Waals surface area contributed by atoms with E-state index >= 15 is 0 Å². The maximum Gasteiger partial charge on any atom is 0.225 e. The van der Waals surface area contributed by atoms with Gasteiger partial charge in [0.05, 0.1) is 18.1 Å². The number of halogens is 1. The van der Waals surface area contributed by atoms with Crippen molar-refractivity contribution in [3.05, 3.63) is 28.0 Å². The highest BCUT2D eigenvalue weighted by Gasteiger charge is 2.41. The zero-order valence-corrected chi connectivity index (χ0v) is 13.4. The molecule has 0 aromatic carbocycles. The van der Waals surface area contributed by atoms with Crippen LogP contribution in [0.5, 0.6) is 0 Å². The van der Waals surface area contributed by atoms with E-state index in [0.29, 0.717) is 6.10 Å². The first-order chi connectivity index (χ1) is 10.2. The van der Waals surface area contributed by atoms with Crippen molar-refractivity contribution in [3.63, 3.8) is 0 Å². The van der Waals surface area contributed by atoms with E-state index in [4.69, 9.17) is 4.74 Å². The molecule has 3 aliphatic rings. The minimum atomic E-state index is 0.0483. The Kier molecular flexibility index (Phi) is 3.50. The number of rotatable bonds is 2. The summed E-state index contributed by atoms with van der Waals surface area (Å²) < 4.78 is 6.90. The number of pyridine rings is 1. The van der Waals surface area contributed by atoms with Crippen LogP contribution in [-0.4, -0.2) is 29.1 Å². The minimum Gasteiger partial charge on any atom is -0.374 e. The van der Waals surface area contributed by atoms with Gasteiger partial charge in [0.15, 0.2) is 0 Å². The quantitative estimate of drug-likeness (QED) is 0.890.